The van der Waals surface area contributed by atoms with Crippen LogP contribution in [0, 0.1) is 0 Å². The molecule has 3 atom stereocenters. The molecule has 0 aliphatic rings. The fourth-order valence-corrected chi connectivity index (χ4v) is 5.85. The first kappa shape index (κ1) is 50.9. The standard InChI is InChI=1S/C43H75O9P/c1-3-5-7-9-11-13-15-17-19-21-23-25-27-29-31-33-35-43(46)52-42(40-51-53(47,48)50-38-41(45)37-44)39-49-36-34-32-30-28-26-24-22-20-18-16-14-12-10-8-6-4-2/h6,8,12,14,18-21,24,26,30,32,41-42,44-45H,3-5,7,9-11,13,15-17,22-23,25,27-29,31,33-40H2,1-2H3,(H,47,48)/b8-6-,14-12-,20-18-,21-19-,26-24-,32-30-. The zero-order chi connectivity index (χ0) is 38.9. The van der Waals surface area contributed by atoms with Gasteiger partial charge in [-0.2, -0.15) is 0 Å². The van der Waals surface area contributed by atoms with E-state index >= 15 is 0 Å². The molecule has 0 aromatic carbocycles. The van der Waals surface area contributed by atoms with E-state index in [2.05, 4.69) is 80.7 Å². The smallest absolute Gasteiger partial charge is 0.457 e. The van der Waals surface area contributed by atoms with Gasteiger partial charge in [0.25, 0.3) is 0 Å². The summed E-state index contributed by atoms with van der Waals surface area (Å²) in [6, 6.07) is 0. The summed E-state index contributed by atoms with van der Waals surface area (Å²) in [6.45, 7) is 3.14. The molecule has 0 spiro atoms. The second-order valence-electron chi connectivity index (χ2n) is 13.3. The van der Waals surface area contributed by atoms with Gasteiger partial charge in [0.05, 0.1) is 33.0 Å². The molecule has 3 N–H and O–H groups in total. The summed E-state index contributed by atoms with van der Waals surface area (Å²) < 4.78 is 33.2. The Kier molecular flexibility index (Phi) is 38.0. The number of phosphoric acid groups is 1. The molecule has 53 heavy (non-hydrogen) atoms. The van der Waals surface area contributed by atoms with Crippen molar-refractivity contribution in [3.8, 4) is 0 Å². The minimum Gasteiger partial charge on any atom is -0.457 e. The van der Waals surface area contributed by atoms with Gasteiger partial charge in [-0.1, -0.05) is 145 Å². The SMILES string of the molecule is CC/C=C\C/C=C\C/C=C\C/C=C\C/C=C\CCOCC(COP(=O)(O)OCC(O)CO)OC(=O)CCCCCCC/C=C\CCCCCCCCC. The molecule has 10 heteroatoms. The first-order valence-electron chi connectivity index (χ1n) is 20.4. The first-order chi connectivity index (χ1) is 25.8. The van der Waals surface area contributed by atoms with E-state index < -0.39 is 45.8 Å². The lowest BCUT2D eigenvalue weighted by molar-refractivity contribution is -0.154. The topological polar surface area (TPSA) is 132 Å². The number of allylic oxidation sites excluding steroid dienone is 11. The molecule has 0 aliphatic carbocycles. The molecular weight excluding hydrogens is 691 g/mol. The van der Waals surface area contributed by atoms with Crippen LogP contribution < -0.4 is 0 Å². The van der Waals surface area contributed by atoms with Crippen LogP contribution in [-0.4, -0.2) is 66.3 Å². The molecule has 0 bridgehead atoms. The Labute approximate surface area is 322 Å². The average Bonchev–Trinajstić information content (AvgIpc) is 3.15. The normalized spacial score (nSPS) is 14.9. The third-order valence-corrected chi connectivity index (χ3v) is 9.10. The number of phosphoric ester groups is 1. The molecule has 0 saturated heterocycles. The number of hydrogen-bond donors (Lipinski definition) is 3. The molecule has 0 rings (SSSR count). The quantitative estimate of drug-likeness (QED) is 0.0243. The van der Waals surface area contributed by atoms with Gasteiger partial charge in [0.15, 0.2) is 0 Å². The zero-order valence-corrected chi connectivity index (χ0v) is 34.1. The fraction of sp³-hybridized carbons (Fsp3) is 0.698. The van der Waals surface area contributed by atoms with Crippen LogP contribution in [0.4, 0.5) is 0 Å². The maximum absolute atomic E-state index is 12.6. The Morgan fingerprint density at radius 2 is 1.08 bits per heavy atom. The maximum Gasteiger partial charge on any atom is 0.472 e. The first-order valence-corrected chi connectivity index (χ1v) is 21.9. The molecule has 0 aliphatic heterocycles. The van der Waals surface area contributed by atoms with Crippen molar-refractivity contribution in [2.24, 2.45) is 0 Å². The summed E-state index contributed by atoms with van der Waals surface area (Å²) in [7, 11) is -4.54. The van der Waals surface area contributed by atoms with Gasteiger partial charge < -0.3 is 24.6 Å². The number of carbonyl (C=O) groups is 1. The molecular formula is C43H75O9P. The minimum atomic E-state index is -4.54. The van der Waals surface area contributed by atoms with Gasteiger partial charge in [0.2, 0.25) is 0 Å². The van der Waals surface area contributed by atoms with E-state index in [0.29, 0.717) is 19.4 Å². The summed E-state index contributed by atoms with van der Waals surface area (Å²) >= 11 is 0. The molecule has 0 heterocycles. The van der Waals surface area contributed by atoms with Crippen molar-refractivity contribution in [1.29, 1.82) is 0 Å². The van der Waals surface area contributed by atoms with Gasteiger partial charge in [0, 0.05) is 6.42 Å². The third kappa shape index (κ3) is 39.4. The van der Waals surface area contributed by atoms with Gasteiger partial charge in [-0.25, -0.2) is 4.57 Å². The van der Waals surface area contributed by atoms with Crippen molar-refractivity contribution in [2.45, 2.75) is 161 Å². The fourth-order valence-electron chi connectivity index (χ4n) is 5.06. The van der Waals surface area contributed by atoms with Crippen LogP contribution in [0.3, 0.4) is 0 Å². The molecule has 0 fully saturated rings. The van der Waals surface area contributed by atoms with Gasteiger partial charge in [-0.15, -0.1) is 0 Å². The predicted octanol–water partition coefficient (Wildman–Crippen LogP) is 11.0. The van der Waals surface area contributed by atoms with E-state index in [9.17, 15) is 19.4 Å². The van der Waals surface area contributed by atoms with Gasteiger partial charge in [-0.3, -0.25) is 13.8 Å². The molecule has 0 aromatic rings. The Hall–Kier alpha value is -2.10. The summed E-state index contributed by atoms with van der Waals surface area (Å²) in [4.78, 5) is 22.5. The number of aliphatic hydroxyl groups is 2. The number of unbranched alkanes of at least 4 members (excludes halogenated alkanes) is 12. The summed E-state index contributed by atoms with van der Waals surface area (Å²) in [5, 5.41) is 18.3. The minimum absolute atomic E-state index is 0.0117. The highest BCUT2D eigenvalue weighted by atomic mass is 31.2. The number of carbonyl (C=O) groups excluding carboxylic acids is 1. The van der Waals surface area contributed by atoms with E-state index in [0.717, 1.165) is 64.2 Å². The average molecular weight is 767 g/mol. The highest BCUT2D eigenvalue weighted by molar-refractivity contribution is 7.47. The van der Waals surface area contributed by atoms with Crippen LogP contribution in [0.15, 0.2) is 72.9 Å². The molecule has 9 nitrogen and oxygen atoms in total. The summed E-state index contributed by atoms with van der Waals surface area (Å²) in [5.74, 6) is -0.419. The highest BCUT2D eigenvalue weighted by Crippen LogP contribution is 2.43. The molecule has 0 amide bonds. The monoisotopic (exact) mass is 767 g/mol. The molecule has 306 valence electrons. The van der Waals surface area contributed by atoms with E-state index in [-0.39, 0.29) is 13.0 Å². The predicted molar refractivity (Wildman–Crippen MR) is 219 cm³/mol. The number of aliphatic hydroxyl groups excluding tert-OH is 2. The number of hydrogen-bond acceptors (Lipinski definition) is 8. The summed E-state index contributed by atoms with van der Waals surface area (Å²) in [5.41, 5.74) is 0. The van der Waals surface area contributed by atoms with Crippen LogP contribution in [-0.2, 0) is 27.9 Å². The van der Waals surface area contributed by atoms with Crippen LogP contribution >= 0.6 is 7.82 Å². The van der Waals surface area contributed by atoms with E-state index in [4.69, 9.17) is 23.6 Å². The lowest BCUT2D eigenvalue weighted by Crippen LogP contribution is -2.29. The van der Waals surface area contributed by atoms with Gasteiger partial charge in [-0.05, 0) is 70.6 Å². The van der Waals surface area contributed by atoms with Crippen LogP contribution in [0.5, 0.6) is 0 Å². The molecule has 3 unspecified atom stereocenters. The second-order valence-corrected chi connectivity index (χ2v) is 14.7. The molecule has 0 saturated carbocycles. The van der Waals surface area contributed by atoms with Crippen molar-refractivity contribution < 1.29 is 43.0 Å². The summed E-state index contributed by atoms with van der Waals surface area (Å²) in [6.07, 6.45) is 46.0. The zero-order valence-electron chi connectivity index (χ0n) is 33.2. The second kappa shape index (κ2) is 39.6. The highest BCUT2D eigenvalue weighted by Gasteiger charge is 2.26. The van der Waals surface area contributed by atoms with Crippen molar-refractivity contribution >= 4 is 13.8 Å². The Balaban J connectivity index is 4.35. The van der Waals surface area contributed by atoms with Crippen molar-refractivity contribution in [3.05, 3.63) is 72.9 Å². The lowest BCUT2D eigenvalue weighted by atomic mass is 10.1. The van der Waals surface area contributed by atoms with Crippen LogP contribution in [0.1, 0.15) is 149 Å². The Morgan fingerprint density at radius 1 is 0.604 bits per heavy atom. The largest absolute Gasteiger partial charge is 0.472 e. The van der Waals surface area contributed by atoms with Crippen LogP contribution in [0.25, 0.3) is 0 Å². The maximum atomic E-state index is 12.6. The van der Waals surface area contributed by atoms with Gasteiger partial charge in [0.1, 0.15) is 12.2 Å². The van der Waals surface area contributed by atoms with Crippen LogP contribution in [0.2, 0.25) is 0 Å². The van der Waals surface area contributed by atoms with E-state index in [1.807, 2.05) is 6.08 Å². The number of rotatable bonds is 38. The van der Waals surface area contributed by atoms with E-state index in [1.54, 1.807) is 0 Å². The van der Waals surface area contributed by atoms with Gasteiger partial charge >= 0.3 is 13.8 Å². The number of esters is 1. The Morgan fingerprint density at radius 3 is 1.62 bits per heavy atom. The van der Waals surface area contributed by atoms with E-state index in [1.165, 1.54) is 51.4 Å². The molecule has 0 aromatic heterocycles. The Bertz CT molecular complexity index is 1050. The third-order valence-electron chi connectivity index (χ3n) is 8.15. The van der Waals surface area contributed by atoms with Crippen molar-refractivity contribution in [2.75, 3.05) is 33.0 Å². The van der Waals surface area contributed by atoms with Crippen molar-refractivity contribution in [3.63, 3.8) is 0 Å². The molecule has 0 radical (unpaired) electrons. The lowest BCUT2D eigenvalue weighted by Gasteiger charge is -2.20. The number of ether oxygens (including phenoxy) is 2. The van der Waals surface area contributed by atoms with Crippen molar-refractivity contribution in [1.82, 2.24) is 0 Å².